The summed E-state index contributed by atoms with van der Waals surface area (Å²) in [5, 5.41) is 10.2. The van der Waals surface area contributed by atoms with Gasteiger partial charge >= 0.3 is 0 Å². The van der Waals surface area contributed by atoms with Crippen molar-refractivity contribution in [3.8, 4) is 11.8 Å². The molecule has 1 saturated heterocycles. The van der Waals surface area contributed by atoms with Crippen molar-refractivity contribution < 1.29 is 9.53 Å². The van der Waals surface area contributed by atoms with Crippen LogP contribution in [-0.2, 0) is 12.0 Å². The summed E-state index contributed by atoms with van der Waals surface area (Å²) in [5.41, 5.74) is 4.26. The zero-order valence-corrected chi connectivity index (χ0v) is 20.9. The zero-order valence-electron chi connectivity index (χ0n) is 19.4. The highest BCUT2D eigenvalue weighted by Crippen LogP contribution is 2.48. The van der Waals surface area contributed by atoms with Crippen LogP contribution in [0.2, 0.25) is 10.0 Å². The van der Waals surface area contributed by atoms with Crippen LogP contribution in [-0.4, -0.2) is 37.6 Å². The van der Waals surface area contributed by atoms with Crippen LogP contribution in [0.5, 0.6) is 5.75 Å². The van der Waals surface area contributed by atoms with Crippen LogP contribution in [0.1, 0.15) is 39.9 Å². The molecule has 35 heavy (non-hydrogen) atoms. The number of nitrogens with zero attached hydrogens (tertiary/aromatic N) is 3. The van der Waals surface area contributed by atoms with E-state index in [2.05, 4.69) is 17.0 Å². The second-order valence-electron chi connectivity index (χ2n) is 9.27. The van der Waals surface area contributed by atoms with Gasteiger partial charge in [-0.2, -0.15) is 5.26 Å². The first-order valence-corrected chi connectivity index (χ1v) is 12.3. The predicted molar refractivity (Wildman–Crippen MR) is 138 cm³/mol. The van der Waals surface area contributed by atoms with Gasteiger partial charge in [0.05, 0.1) is 28.8 Å². The summed E-state index contributed by atoms with van der Waals surface area (Å²) >= 11 is 12.3. The standard InChI is InChI=1S/C28H25Cl2N3O2/c1-35-22-7-9-26-23(15-22)28(18-33(26)27(34)21-5-2-19(16-31)3-6-21)10-12-32(13-11-28)17-20-4-8-24(29)25(30)14-20/h2-9,14-15H,10-13,17-18H2,1H3. The molecule has 2 aliphatic rings. The van der Waals surface area contributed by atoms with Crippen molar-refractivity contribution in [1.82, 2.24) is 4.90 Å². The quantitative estimate of drug-likeness (QED) is 0.431. The van der Waals surface area contributed by atoms with E-state index in [-0.39, 0.29) is 11.3 Å². The minimum Gasteiger partial charge on any atom is -0.497 e. The highest BCUT2D eigenvalue weighted by Gasteiger charge is 2.46. The van der Waals surface area contributed by atoms with Gasteiger partial charge in [-0.25, -0.2) is 0 Å². The molecule has 2 heterocycles. The Morgan fingerprint density at radius 2 is 1.77 bits per heavy atom. The second-order valence-corrected chi connectivity index (χ2v) is 10.1. The fourth-order valence-electron chi connectivity index (χ4n) is 5.26. The van der Waals surface area contributed by atoms with E-state index < -0.39 is 0 Å². The lowest BCUT2D eigenvalue weighted by atomic mass is 9.74. The number of benzene rings is 3. The van der Waals surface area contributed by atoms with Crippen LogP contribution in [0.3, 0.4) is 0 Å². The Morgan fingerprint density at radius 3 is 2.43 bits per heavy atom. The van der Waals surface area contributed by atoms with Crippen molar-refractivity contribution in [2.75, 3.05) is 31.6 Å². The van der Waals surface area contributed by atoms with Gasteiger partial charge in [0.2, 0.25) is 0 Å². The molecule has 3 aromatic carbocycles. The Bertz CT molecular complexity index is 1310. The molecule has 3 aromatic rings. The molecule has 1 spiro atoms. The third-order valence-corrected chi connectivity index (χ3v) is 7.98. The SMILES string of the molecule is COc1ccc2c(c1)C1(CCN(Cc3ccc(Cl)c(Cl)c3)CC1)CN2C(=O)c1ccc(C#N)cc1. The number of halogens is 2. The van der Waals surface area contributed by atoms with Gasteiger partial charge in [-0.3, -0.25) is 9.69 Å². The zero-order chi connectivity index (χ0) is 24.6. The van der Waals surface area contributed by atoms with E-state index in [0.717, 1.165) is 49.5 Å². The van der Waals surface area contributed by atoms with E-state index in [9.17, 15) is 4.79 Å². The van der Waals surface area contributed by atoms with E-state index in [0.29, 0.717) is 27.7 Å². The monoisotopic (exact) mass is 505 g/mol. The smallest absolute Gasteiger partial charge is 0.258 e. The molecular weight excluding hydrogens is 481 g/mol. The summed E-state index contributed by atoms with van der Waals surface area (Å²) in [7, 11) is 1.67. The normalized spacial score (nSPS) is 16.7. The molecule has 5 nitrogen and oxygen atoms in total. The molecule has 1 amide bonds. The Kier molecular flexibility index (Phi) is 6.46. The molecule has 0 saturated carbocycles. The topological polar surface area (TPSA) is 56.6 Å². The van der Waals surface area contributed by atoms with Crippen molar-refractivity contribution in [2.45, 2.75) is 24.8 Å². The van der Waals surface area contributed by atoms with E-state index in [1.165, 1.54) is 5.56 Å². The second kappa shape index (κ2) is 9.54. The van der Waals surface area contributed by atoms with Crippen LogP contribution in [0.4, 0.5) is 5.69 Å². The Balaban J connectivity index is 1.39. The van der Waals surface area contributed by atoms with E-state index in [4.69, 9.17) is 33.2 Å². The fourth-order valence-corrected chi connectivity index (χ4v) is 5.58. The summed E-state index contributed by atoms with van der Waals surface area (Å²) in [5.74, 6) is 0.755. The largest absolute Gasteiger partial charge is 0.497 e. The van der Waals surface area contributed by atoms with Gasteiger partial charge in [0.1, 0.15) is 5.75 Å². The molecule has 0 atom stereocenters. The molecule has 0 bridgehead atoms. The number of rotatable bonds is 4. The van der Waals surface area contributed by atoms with Crippen LogP contribution in [0.15, 0.2) is 60.7 Å². The molecule has 2 aliphatic heterocycles. The number of likely N-dealkylation sites (tertiary alicyclic amines) is 1. The summed E-state index contributed by atoms with van der Waals surface area (Å²) in [4.78, 5) is 17.9. The number of fused-ring (bicyclic) bond motifs is 2. The lowest BCUT2D eigenvalue weighted by Gasteiger charge is -2.40. The maximum absolute atomic E-state index is 13.5. The minimum absolute atomic E-state index is 0.0454. The van der Waals surface area contributed by atoms with Crippen LogP contribution < -0.4 is 9.64 Å². The lowest BCUT2D eigenvalue weighted by molar-refractivity contribution is 0.0975. The molecule has 5 rings (SSSR count). The Morgan fingerprint density at radius 1 is 1.03 bits per heavy atom. The van der Waals surface area contributed by atoms with Crippen LogP contribution >= 0.6 is 23.2 Å². The van der Waals surface area contributed by atoms with E-state index >= 15 is 0 Å². The van der Waals surface area contributed by atoms with Gasteiger partial charge in [0.25, 0.3) is 5.91 Å². The number of amides is 1. The van der Waals surface area contributed by atoms with E-state index in [1.807, 2.05) is 35.2 Å². The number of carbonyl (C=O) groups excluding carboxylic acids is 1. The van der Waals surface area contributed by atoms with Gasteiger partial charge in [0, 0.05) is 29.8 Å². The average molecular weight is 506 g/mol. The summed E-state index contributed by atoms with van der Waals surface area (Å²) in [6.45, 7) is 3.27. The summed E-state index contributed by atoms with van der Waals surface area (Å²) in [6, 6.07) is 20.7. The first kappa shape index (κ1) is 23.7. The molecule has 0 radical (unpaired) electrons. The first-order chi connectivity index (χ1) is 16.9. The molecule has 0 aliphatic carbocycles. The third kappa shape index (κ3) is 4.50. The number of methoxy groups -OCH3 is 1. The van der Waals surface area contributed by atoms with Gasteiger partial charge in [0.15, 0.2) is 0 Å². The van der Waals surface area contributed by atoms with Crippen molar-refractivity contribution in [1.29, 1.82) is 5.26 Å². The van der Waals surface area contributed by atoms with Crippen molar-refractivity contribution in [3.63, 3.8) is 0 Å². The van der Waals surface area contributed by atoms with Crippen LogP contribution in [0, 0.1) is 11.3 Å². The number of carbonyl (C=O) groups is 1. The summed E-state index contributed by atoms with van der Waals surface area (Å²) < 4.78 is 5.53. The summed E-state index contributed by atoms with van der Waals surface area (Å²) in [6.07, 6.45) is 1.87. The van der Waals surface area contributed by atoms with Gasteiger partial charge in [-0.15, -0.1) is 0 Å². The maximum atomic E-state index is 13.5. The molecule has 1 fully saturated rings. The molecule has 178 valence electrons. The number of hydrogen-bond acceptors (Lipinski definition) is 4. The fraction of sp³-hybridized carbons (Fsp3) is 0.286. The van der Waals surface area contributed by atoms with Crippen molar-refractivity contribution in [2.24, 2.45) is 0 Å². The number of nitriles is 1. The van der Waals surface area contributed by atoms with Gasteiger partial charge in [-0.1, -0.05) is 29.3 Å². The van der Waals surface area contributed by atoms with Crippen LogP contribution in [0.25, 0.3) is 0 Å². The highest BCUT2D eigenvalue weighted by atomic mass is 35.5. The number of anilines is 1. The average Bonchev–Trinajstić information content (AvgIpc) is 3.20. The number of piperidine rings is 1. The maximum Gasteiger partial charge on any atom is 0.258 e. The highest BCUT2D eigenvalue weighted by molar-refractivity contribution is 6.42. The minimum atomic E-state index is -0.125. The Hall–Kier alpha value is -3.04. The molecule has 0 N–H and O–H groups in total. The van der Waals surface area contributed by atoms with Gasteiger partial charge in [-0.05, 0) is 91.7 Å². The third-order valence-electron chi connectivity index (χ3n) is 7.24. The number of hydrogen-bond donors (Lipinski definition) is 0. The van der Waals surface area contributed by atoms with Gasteiger partial charge < -0.3 is 9.64 Å². The molecule has 0 aromatic heterocycles. The predicted octanol–water partition coefficient (Wildman–Crippen LogP) is 6.07. The Labute approximate surface area is 215 Å². The molecular formula is C28H25Cl2N3O2. The van der Waals surface area contributed by atoms with Crippen molar-refractivity contribution >= 4 is 34.8 Å². The van der Waals surface area contributed by atoms with E-state index in [1.54, 1.807) is 31.4 Å². The first-order valence-electron chi connectivity index (χ1n) is 11.6. The molecule has 7 heteroatoms. The number of ether oxygens (including phenoxy) is 1. The lowest BCUT2D eigenvalue weighted by Crippen LogP contribution is -2.45. The molecule has 0 unspecified atom stereocenters. The van der Waals surface area contributed by atoms with Crippen molar-refractivity contribution in [3.05, 3.63) is 93.0 Å².